The smallest absolute Gasteiger partial charge is 0.224 e. The molecule has 1 amide bonds. The van der Waals surface area contributed by atoms with Gasteiger partial charge in [-0.15, -0.1) is 6.42 Å². The van der Waals surface area contributed by atoms with Crippen molar-refractivity contribution in [2.75, 3.05) is 39.3 Å². The molecule has 148 valence electrons. The molecule has 0 aliphatic carbocycles. The maximum atomic E-state index is 12.0. The van der Waals surface area contributed by atoms with Crippen LogP contribution in [0.1, 0.15) is 32.8 Å². The first-order chi connectivity index (χ1) is 13.1. The molecule has 0 heterocycles. The molecule has 0 spiro atoms. The summed E-state index contributed by atoms with van der Waals surface area (Å²) in [6.07, 6.45) is 6.47. The first-order valence-corrected chi connectivity index (χ1v) is 9.59. The van der Waals surface area contributed by atoms with Gasteiger partial charge in [0.25, 0.3) is 0 Å². The van der Waals surface area contributed by atoms with Gasteiger partial charge in [-0.3, -0.25) is 9.79 Å². The molecule has 1 aromatic rings. The van der Waals surface area contributed by atoms with E-state index >= 15 is 0 Å². The van der Waals surface area contributed by atoms with Gasteiger partial charge in [0.15, 0.2) is 5.96 Å². The van der Waals surface area contributed by atoms with Crippen LogP contribution in [0, 0.1) is 12.3 Å². The highest BCUT2D eigenvalue weighted by molar-refractivity contribution is 5.80. The molecule has 27 heavy (non-hydrogen) atoms. The number of hydrogen-bond acceptors (Lipinski definition) is 3. The Morgan fingerprint density at radius 1 is 1.19 bits per heavy atom. The number of nitrogens with zero attached hydrogens (tertiary/aromatic N) is 2. The number of guanidine groups is 1. The monoisotopic (exact) mass is 372 g/mol. The third-order valence-corrected chi connectivity index (χ3v) is 4.01. The predicted molar refractivity (Wildman–Crippen MR) is 111 cm³/mol. The number of benzene rings is 1. The Hall–Kier alpha value is -2.68. The predicted octanol–water partition coefficient (Wildman–Crippen LogP) is 2.05. The zero-order valence-electron chi connectivity index (χ0n) is 16.8. The van der Waals surface area contributed by atoms with Crippen molar-refractivity contribution in [1.29, 1.82) is 0 Å². The van der Waals surface area contributed by atoms with Crippen molar-refractivity contribution in [3.63, 3.8) is 0 Å². The van der Waals surface area contributed by atoms with E-state index < -0.39 is 0 Å². The van der Waals surface area contributed by atoms with Crippen LogP contribution in [-0.2, 0) is 11.2 Å². The number of rotatable bonds is 11. The summed E-state index contributed by atoms with van der Waals surface area (Å²) in [6.45, 7) is 9.76. The van der Waals surface area contributed by atoms with E-state index in [9.17, 15) is 4.79 Å². The second-order valence-corrected chi connectivity index (χ2v) is 5.89. The Kier molecular flexibility index (Phi) is 11.2. The molecule has 0 aliphatic rings. The standard InChI is InChI=1S/C21H32N4O2/c1-5-17-27-19-11-9-18(10-12-19)13-15-23-21(22-6-2)24-16-14-20(26)25(7-3)8-4/h1,9-12H,6-8,13-17H2,2-4H3,(H2,22,23,24). The van der Waals surface area contributed by atoms with Gasteiger partial charge in [0.1, 0.15) is 12.4 Å². The summed E-state index contributed by atoms with van der Waals surface area (Å²) in [4.78, 5) is 18.3. The molecule has 0 fully saturated rings. The van der Waals surface area contributed by atoms with E-state index in [1.807, 2.05) is 49.9 Å². The van der Waals surface area contributed by atoms with E-state index in [0.717, 1.165) is 44.3 Å². The lowest BCUT2D eigenvalue weighted by molar-refractivity contribution is -0.130. The van der Waals surface area contributed by atoms with Gasteiger partial charge >= 0.3 is 0 Å². The van der Waals surface area contributed by atoms with Gasteiger partial charge in [-0.2, -0.15) is 0 Å². The number of aliphatic imine (C=N–C) groups is 1. The highest BCUT2D eigenvalue weighted by Crippen LogP contribution is 2.12. The number of amides is 1. The van der Waals surface area contributed by atoms with E-state index in [-0.39, 0.29) is 12.5 Å². The van der Waals surface area contributed by atoms with Gasteiger partial charge in [0, 0.05) is 32.6 Å². The van der Waals surface area contributed by atoms with Crippen LogP contribution in [0.25, 0.3) is 0 Å². The molecular formula is C21H32N4O2. The zero-order valence-corrected chi connectivity index (χ0v) is 16.8. The van der Waals surface area contributed by atoms with Crippen LogP contribution in [-0.4, -0.2) is 56.1 Å². The number of ether oxygens (including phenoxy) is 1. The van der Waals surface area contributed by atoms with Crippen LogP contribution >= 0.6 is 0 Å². The van der Waals surface area contributed by atoms with Gasteiger partial charge in [0.05, 0.1) is 6.54 Å². The Bertz CT molecular complexity index is 616. The van der Waals surface area contributed by atoms with Gasteiger partial charge in [-0.25, -0.2) is 0 Å². The number of terminal acetylenes is 1. The lowest BCUT2D eigenvalue weighted by Crippen LogP contribution is -2.38. The van der Waals surface area contributed by atoms with Gasteiger partial charge in [0.2, 0.25) is 5.91 Å². The molecule has 0 bridgehead atoms. The average Bonchev–Trinajstić information content (AvgIpc) is 2.68. The summed E-state index contributed by atoms with van der Waals surface area (Å²) in [5, 5.41) is 6.51. The van der Waals surface area contributed by atoms with Crippen molar-refractivity contribution in [2.45, 2.75) is 33.6 Å². The van der Waals surface area contributed by atoms with E-state index in [2.05, 4.69) is 21.5 Å². The highest BCUT2D eigenvalue weighted by Gasteiger charge is 2.08. The van der Waals surface area contributed by atoms with Crippen molar-refractivity contribution < 1.29 is 9.53 Å². The molecule has 6 nitrogen and oxygen atoms in total. The molecule has 0 unspecified atom stereocenters. The molecule has 0 aromatic heterocycles. The second kappa shape index (κ2) is 13.5. The van der Waals surface area contributed by atoms with Crippen LogP contribution in [0.2, 0.25) is 0 Å². The van der Waals surface area contributed by atoms with E-state index in [4.69, 9.17) is 11.2 Å². The molecule has 0 radical (unpaired) electrons. The van der Waals surface area contributed by atoms with Gasteiger partial charge in [-0.1, -0.05) is 18.1 Å². The second-order valence-electron chi connectivity index (χ2n) is 5.89. The Labute approximate surface area is 163 Å². The largest absolute Gasteiger partial charge is 0.481 e. The highest BCUT2D eigenvalue weighted by atomic mass is 16.5. The summed E-state index contributed by atoms with van der Waals surface area (Å²) in [6, 6.07) is 7.90. The van der Waals surface area contributed by atoms with E-state index in [0.29, 0.717) is 13.0 Å². The molecule has 0 saturated heterocycles. The maximum absolute atomic E-state index is 12.0. The SMILES string of the molecule is C#CCOc1ccc(CCNC(=NCCC(=O)N(CC)CC)NCC)cc1. The molecule has 0 aliphatic heterocycles. The van der Waals surface area contributed by atoms with Crippen LogP contribution in [0.15, 0.2) is 29.3 Å². The average molecular weight is 373 g/mol. The van der Waals surface area contributed by atoms with Crippen molar-refractivity contribution in [2.24, 2.45) is 4.99 Å². The van der Waals surface area contributed by atoms with Crippen molar-refractivity contribution in [3.8, 4) is 18.1 Å². The van der Waals surface area contributed by atoms with E-state index in [1.165, 1.54) is 5.56 Å². The molecule has 1 rings (SSSR count). The molecule has 1 aromatic carbocycles. The van der Waals surface area contributed by atoms with Gasteiger partial charge < -0.3 is 20.3 Å². The number of carbonyl (C=O) groups excluding carboxylic acids is 1. The number of carbonyl (C=O) groups is 1. The fraction of sp³-hybridized carbons (Fsp3) is 0.524. The minimum Gasteiger partial charge on any atom is -0.481 e. The Morgan fingerprint density at radius 3 is 2.48 bits per heavy atom. The molecule has 0 saturated carbocycles. The lowest BCUT2D eigenvalue weighted by Gasteiger charge is -2.18. The number of hydrogen-bond donors (Lipinski definition) is 2. The van der Waals surface area contributed by atoms with Gasteiger partial charge in [-0.05, 0) is 44.9 Å². The number of nitrogens with one attached hydrogen (secondary N) is 2. The normalized spacial score (nSPS) is 10.8. The third-order valence-electron chi connectivity index (χ3n) is 4.01. The summed E-state index contributed by atoms with van der Waals surface area (Å²) in [5.41, 5.74) is 1.20. The van der Waals surface area contributed by atoms with Crippen LogP contribution in [0.5, 0.6) is 5.75 Å². The van der Waals surface area contributed by atoms with Crippen molar-refractivity contribution in [1.82, 2.24) is 15.5 Å². The van der Waals surface area contributed by atoms with Crippen LogP contribution in [0.4, 0.5) is 0 Å². The molecule has 2 N–H and O–H groups in total. The lowest BCUT2D eigenvalue weighted by atomic mass is 10.1. The summed E-state index contributed by atoms with van der Waals surface area (Å²) < 4.78 is 5.37. The topological polar surface area (TPSA) is 66.0 Å². The quantitative estimate of drug-likeness (QED) is 0.354. The summed E-state index contributed by atoms with van der Waals surface area (Å²) in [5.74, 6) is 4.11. The molecular weight excluding hydrogens is 340 g/mol. The Morgan fingerprint density at radius 2 is 1.89 bits per heavy atom. The van der Waals surface area contributed by atoms with Crippen LogP contribution < -0.4 is 15.4 Å². The third kappa shape index (κ3) is 9.00. The fourth-order valence-corrected chi connectivity index (χ4v) is 2.54. The molecule has 0 atom stereocenters. The summed E-state index contributed by atoms with van der Waals surface area (Å²) in [7, 11) is 0. The fourth-order valence-electron chi connectivity index (χ4n) is 2.54. The van der Waals surface area contributed by atoms with Crippen molar-refractivity contribution >= 4 is 11.9 Å². The van der Waals surface area contributed by atoms with Crippen LogP contribution in [0.3, 0.4) is 0 Å². The first kappa shape index (κ1) is 22.4. The van der Waals surface area contributed by atoms with Crippen molar-refractivity contribution in [3.05, 3.63) is 29.8 Å². The molecule has 6 heteroatoms. The Balaban J connectivity index is 2.43. The minimum atomic E-state index is 0.145. The minimum absolute atomic E-state index is 0.145. The summed E-state index contributed by atoms with van der Waals surface area (Å²) >= 11 is 0. The van der Waals surface area contributed by atoms with E-state index in [1.54, 1.807) is 0 Å². The first-order valence-electron chi connectivity index (χ1n) is 9.59. The zero-order chi connectivity index (χ0) is 19.9. The maximum Gasteiger partial charge on any atom is 0.224 e.